The van der Waals surface area contributed by atoms with Crippen LogP contribution in [0.5, 0.6) is 0 Å². The molecule has 168 valence electrons. The summed E-state index contributed by atoms with van der Waals surface area (Å²) in [6, 6.07) is 15.2. The van der Waals surface area contributed by atoms with Crippen LogP contribution in [0.3, 0.4) is 0 Å². The van der Waals surface area contributed by atoms with E-state index in [1.54, 1.807) is 11.6 Å². The largest absolute Gasteiger partial charge is 0.396 e. The molecular weight excluding hydrogens is 402 g/mol. The van der Waals surface area contributed by atoms with E-state index in [9.17, 15) is 9.90 Å². The third-order valence-electron chi connectivity index (χ3n) is 6.44. The van der Waals surface area contributed by atoms with Crippen LogP contribution in [0.1, 0.15) is 41.1 Å². The van der Waals surface area contributed by atoms with Crippen LogP contribution >= 0.6 is 0 Å². The molecule has 0 saturated heterocycles. The zero-order chi connectivity index (χ0) is 22.5. The number of nitrogens with zero attached hydrogens (tertiary/aromatic N) is 2. The summed E-state index contributed by atoms with van der Waals surface area (Å²) in [7, 11) is 2.10. The van der Waals surface area contributed by atoms with E-state index >= 15 is 0 Å². The third kappa shape index (κ3) is 4.78. The van der Waals surface area contributed by atoms with Crippen LogP contribution in [0.15, 0.2) is 54.7 Å². The molecular formula is C26H31N3O3. The number of benzene rings is 2. The van der Waals surface area contributed by atoms with Crippen LogP contribution in [0, 0.1) is 0 Å². The molecule has 3 aromatic rings. The van der Waals surface area contributed by atoms with Crippen molar-refractivity contribution in [2.24, 2.45) is 7.05 Å². The van der Waals surface area contributed by atoms with Gasteiger partial charge in [-0.15, -0.1) is 0 Å². The molecule has 2 aromatic carbocycles. The molecule has 1 amide bonds. The third-order valence-corrected chi connectivity index (χ3v) is 6.44. The molecule has 0 bridgehead atoms. The molecule has 0 spiro atoms. The summed E-state index contributed by atoms with van der Waals surface area (Å²) >= 11 is 0. The molecule has 4 rings (SSSR count). The molecule has 1 unspecified atom stereocenters. The van der Waals surface area contributed by atoms with Gasteiger partial charge in [0.05, 0.1) is 0 Å². The van der Waals surface area contributed by atoms with Crippen molar-refractivity contribution in [1.29, 1.82) is 0 Å². The van der Waals surface area contributed by atoms with E-state index in [2.05, 4.69) is 59.1 Å². The highest BCUT2D eigenvalue weighted by atomic mass is 16.5. The van der Waals surface area contributed by atoms with Crippen LogP contribution < -0.4 is 5.48 Å². The summed E-state index contributed by atoms with van der Waals surface area (Å²) in [5, 5.41) is 19.4. The molecule has 1 heterocycles. The number of aromatic nitrogens is 1. The molecule has 3 N–H and O–H groups in total. The molecule has 0 fully saturated rings. The number of carbonyl (C=O) groups is 1. The standard InChI is InChI=1S/C26H31N3O3/c1-28-18-21(22-5-2-3-6-24(22)28)13-15-29(14-4-16-30)25-11-9-20-17-19(7-10-23(20)25)8-12-26(31)27-32/h2-3,5-8,10,12,17-18,25,30,32H,4,9,11,13-16H2,1H3,(H,27,31)/b12-8+. The Bertz CT molecular complexity index is 1120. The van der Waals surface area contributed by atoms with Crippen molar-refractivity contribution in [3.8, 4) is 0 Å². The Morgan fingerprint density at radius 2 is 2.09 bits per heavy atom. The van der Waals surface area contributed by atoms with E-state index in [1.165, 1.54) is 33.7 Å². The Kier molecular flexibility index (Phi) is 7.05. The van der Waals surface area contributed by atoms with Crippen molar-refractivity contribution in [1.82, 2.24) is 14.9 Å². The molecule has 6 nitrogen and oxygen atoms in total. The number of amides is 1. The number of nitrogens with one attached hydrogen (secondary N) is 1. The van der Waals surface area contributed by atoms with Gasteiger partial charge in [-0.05, 0) is 60.1 Å². The highest BCUT2D eigenvalue weighted by Crippen LogP contribution is 2.37. The van der Waals surface area contributed by atoms with Crippen LogP contribution in [0.4, 0.5) is 0 Å². The minimum absolute atomic E-state index is 0.195. The summed E-state index contributed by atoms with van der Waals surface area (Å²) < 4.78 is 2.19. The SMILES string of the molecule is Cn1cc(CCN(CCCO)C2CCc3cc(/C=C/C(=O)NO)ccc32)c2ccccc21. The monoisotopic (exact) mass is 433 g/mol. The highest BCUT2D eigenvalue weighted by Gasteiger charge is 2.27. The van der Waals surface area contributed by atoms with Gasteiger partial charge in [-0.2, -0.15) is 0 Å². The van der Waals surface area contributed by atoms with Crippen molar-refractivity contribution in [3.63, 3.8) is 0 Å². The average molecular weight is 434 g/mol. The number of hydroxylamine groups is 1. The number of hydrogen-bond donors (Lipinski definition) is 3. The highest BCUT2D eigenvalue weighted by molar-refractivity contribution is 5.90. The van der Waals surface area contributed by atoms with Crippen LogP contribution in [0.25, 0.3) is 17.0 Å². The number of aliphatic hydroxyl groups is 1. The lowest BCUT2D eigenvalue weighted by Crippen LogP contribution is -2.31. The smallest absolute Gasteiger partial charge is 0.267 e. The van der Waals surface area contributed by atoms with E-state index in [1.807, 2.05) is 6.07 Å². The van der Waals surface area contributed by atoms with Crippen molar-refractivity contribution in [2.45, 2.75) is 31.7 Å². The van der Waals surface area contributed by atoms with Gasteiger partial charge in [-0.3, -0.25) is 14.9 Å². The molecule has 0 aliphatic heterocycles. The van der Waals surface area contributed by atoms with Gasteiger partial charge in [-0.25, -0.2) is 5.48 Å². The summed E-state index contributed by atoms with van der Waals surface area (Å²) in [6.07, 6.45) is 9.06. The van der Waals surface area contributed by atoms with Gasteiger partial charge < -0.3 is 9.67 Å². The number of carbonyl (C=O) groups excluding carboxylic acids is 1. The summed E-state index contributed by atoms with van der Waals surface area (Å²) in [6.45, 7) is 2.00. The maximum Gasteiger partial charge on any atom is 0.267 e. The molecule has 6 heteroatoms. The number of fused-ring (bicyclic) bond motifs is 2. The van der Waals surface area contributed by atoms with E-state index in [-0.39, 0.29) is 6.61 Å². The van der Waals surface area contributed by atoms with Gasteiger partial charge in [0.1, 0.15) is 0 Å². The number of para-hydroxylation sites is 1. The van der Waals surface area contributed by atoms with Gasteiger partial charge >= 0.3 is 0 Å². The quantitative estimate of drug-likeness (QED) is 0.274. The van der Waals surface area contributed by atoms with E-state index in [0.29, 0.717) is 6.04 Å². The van der Waals surface area contributed by atoms with E-state index in [4.69, 9.17) is 5.21 Å². The van der Waals surface area contributed by atoms with Crippen molar-refractivity contribution >= 4 is 22.9 Å². The first-order chi connectivity index (χ1) is 15.6. The number of aliphatic hydroxyl groups excluding tert-OH is 1. The number of aryl methyl sites for hydroxylation is 2. The fourth-order valence-corrected chi connectivity index (χ4v) is 4.89. The Balaban J connectivity index is 1.52. The lowest BCUT2D eigenvalue weighted by molar-refractivity contribution is -0.124. The predicted molar refractivity (Wildman–Crippen MR) is 126 cm³/mol. The minimum atomic E-state index is -0.535. The maximum absolute atomic E-state index is 11.3. The second kappa shape index (κ2) is 10.1. The molecule has 1 aromatic heterocycles. The Hall–Kier alpha value is -2.93. The van der Waals surface area contributed by atoms with Crippen molar-refractivity contribution < 1.29 is 15.1 Å². The van der Waals surface area contributed by atoms with Crippen molar-refractivity contribution in [2.75, 3.05) is 19.7 Å². The Labute approximate surface area is 188 Å². The Morgan fingerprint density at radius 3 is 2.91 bits per heavy atom. The molecule has 0 radical (unpaired) electrons. The predicted octanol–water partition coefficient (Wildman–Crippen LogP) is 3.61. The van der Waals surface area contributed by atoms with Gasteiger partial charge in [0.25, 0.3) is 5.91 Å². The first kappa shape index (κ1) is 22.3. The molecule has 0 saturated carbocycles. The fourth-order valence-electron chi connectivity index (χ4n) is 4.89. The molecule has 1 aliphatic carbocycles. The number of rotatable bonds is 9. The zero-order valence-electron chi connectivity index (χ0n) is 18.5. The summed E-state index contributed by atoms with van der Waals surface area (Å²) in [5.74, 6) is -0.535. The minimum Gasteiger partial charge on any atom is -0.396 e. The second-order valence-electron chi connectivity index (χ2n) is 8.47. The lowest BCUT2D eigenvalue weighted by atomic mass is 10.0. The van der Waals surface area contributed by atoms with Crippen molar-refractivity contribution in [3.05, 3.63) is 77.0 Å². The molecule has 32 heavy (non-hydrogen) atoms. The molecule has 1 atom stereocenters. The number of hydrogen-bond acceptors (Lipinski definition) is 4. The molecule has 1 aliphatic rings. The zero-order valence-corrected chi connectivity index (χ0v) is 18.5. The van der Waals surface area contributed by atoms with E-state index < -0.39 is 5.91 Å². The Morgan fingerprint density at radius 1 is 1.25 bits per heavy atom. The maximum atomic E-state index is 11.3. The van der Waals surface area contributed by atoms with Gasteiger partial charge in [-0.1, -0.05) is 36.4 Å². The van der Waals surface area contributed by atoms with Crippen LogP contribution in [-0.4, -0.2) is 45.4 Å². The van der Waals surface area contributed by atoms with Crippen LogP contribution in [-0.2, 0) is 24.7 Å². The van der Waals surface area contributed by atoms with Crippen LogP contribution in [0.2, 0.25) is 0 Å². The normalized spacial score (nSPS) is 15.7. The topological polar surface area (TPSA) is 77.7 Å². The van der Waals surface area contributed by atoms with Gasteiger partial charge in [0, 0.05) is 56.0 Å². The van der Waals surface area contributed by atoms with Gasteiger partial charge in [0.2, 0.25) is 0 Å². The van der Waals surface area contributed by atoms with Gasteiger partial charge in [0.15, 0.2) is 0 Å². The average Bonchev–Trinajstić information content (AvgIpc) is 3.38. The second-order valence-corrected chi connectivity index (χ2v) is 8.47. The van der Waals surface area contributed by atoms with E-state index in [0.717, 1.165) is 44.3 Å². The first-order valence-electron chi connectivity index (χ1n) is 11.2. The lowest BCUT2D eigenvalue weighted by Gasteiger charge is -2.29. The fraction of sp³-hybridized carbons (Fsp3) is 0.346. The summed E-state index contributed by atoms with van der Waals surface area (Å²) in [5.41, 5.74) is 7.82. The summed E-state index contributed by atoms with van der Waals surface area (Å²) in [4.78, 5) is 13.8. The first-order valence-corrected chi connectivity index (χ1v) is 11.2.